The lowest BCUT2D eigenvalue weighted by atomic mass is 10.1. The number of carbonyl (C=O) groups is 1. The molecule has 134 valence electrons. The predicted molar refractivity (Wildman–Crippen MR) is 92.0 cm³/mol. The number of rotatable bonds is 5. The number of carbonyl (C=O) groups excluding carboxylic acids is 1. The van der Waals surface area contributed by atoms with Gasteiger partial charge in [-0.15, -0.1) is 0 Å². The normalized spacial score (nSPS) is 11.2. The Balaban J connectivity index is 2.21. The third-order valence-corrected chi connectivity index (χ3v) is 4.39. The van der Waals surface area contributed by atoms with Crippen LogP contribution in [0.15, 0.2) is 23.1 Å². The van der Waals surface area contributed by atoms with E-state index in [4.69, 9.17) is 10.5 Å². The summed E-state index contributed by atoms with van der Waals surface area (Å²) in [5.74, 6) is -0.122. The highest BCUT2D eigenvalue weighted by Gasteiger charge is 2.16. The second-order valence-corrected chi connectivity index (χ2v) is 7.65. The number of nitrogen functional groups attached to an aromatic ring is 1. The first-order valence-corrected chi connectivity index (χ1v) is 9.12. The Morgan fingerprint density at radius 3 is 2.52 bits per heavy atom. The number of hydrogen-bond acceptors (Lipinski definition) is 9. The van der Waals surface area contributed by atoms with Crippen LogP contribution in [-0.4, -0.2) is 49.7 Å². The van der Waals surface area contributed by atoms with Crippen LogP contribution in [0.2, 0.25) is 0 Å². The van der Waals surface area contributed by atoms with Crippen molar-refractivity contribution in [1.29, 1.82) is 0 Å². The maximum Gasteiger partial charge on any atom is 0.338 e. The third kappa shape index (κ3) is 4.63. The zero-order valence-electron chi connectivity index (χ0n) is 14.3. The number of hydrogen-bond donors (Lipinski definition) is 1. The molecule has 1 aromatic carbocycles. The van der Waals surface area contributed by atoms with Gasteiger partial charge in [-0.2, -0.15) is 15.0 Å². The van der Waals surface area contributed by atoms with Crippen molar-refractivity contribution >= 4 is 27.7 Å². The molecule has 0 saturated heterocycles. The molecule has 25 heavy (non-hydrogen) atoms. The van der Waals surface area contributed by atoms with E-state index < -0.39 is 15.8 Å². The molecule has 0 unspecified atom stereocenters. The van der Waals surface area contributed by atoms with Crippen LogP contribution >= 0.6 is 0 Å². The Morgan fingerprint density at radius 2 is 1.92 bits per heavy atom. The van der Waals surface area contributed by atoms with E-state index >= 15 is 0 Å². The van der Waals surface area contributed by atoms with Gasteiger partial charge in [-0.1, -0.05) is 6.07 Å². The molecular weight excluding hydrogens is 346 g/mol. The highest BCUT2D eigenvalue weighted by molar-refractivity contribution is 7.90. The second-order valence-electron chi connectivity index (χ2n) is 5.63. The molecule has 1 heterocycles. The lowest BCUT2D eigenvalue weighted by molar-refractivity contribution is 0.0461. The quantitative estimate of drug-likeness (QED) is 0.757. The van der Waals surface area contributed by atoms with Gasteiger partial charge >= 0.3 is 5.97 Å². The lowest BCUT2D eigenvalue weighted by Gasteiger charge is -2.12. The molecule has 0 fully saturated rings. The Morgan fingerprint density at radius 1 is 1.24 bits per heavy atom. The van der Waals surface area contributed by atoms with Gasteiger partial charge in [0.05, 0.1) is 10.5 Å². The minimum Gasteiger partial charge on any atom is -0.454 e. The van der Waals surface area contributed by atoms with Gasteiger partial charge in [0.15, 0.2) is 22.3 Å². The molecule has 2 aromatic rings. The maximum absolute atomic E-state index is 12.3. The van der Waals surface area contributed by atoms with Crippen LogP contribution in [0.5, 0.6) is 0 Å². The molecule has 9 nitrogen and oxygen atoms in total. The van der Waals surface area contributed by atoms with E-state index in [1.165, 1.54) is 12.1 Å². The summed E-state index contributed by atoms with van der Waals surface area (Å²) in [6, 6.07) is 4.29. The van der Waals surface area contributed by atoms with Crippen LogP contribution < -0.4 is 10.6 Å². The van der Waals surface area contributed by atoms with Crippen LogP contribution in [0.4, 0.5) is 11.9 Å². The van der Waals surface area contributed by atoms with E-state index in [9.17, 15) is 13.2 Å². The molecular formula is C15H19N5O4S. The van der Waals surface area contributed by atoms with Crippen LogP contribution in [0.25, 0.3) is 0 Å². The summed E-state index contributed by atoms with van der Waals surface area (Å²) >= 11 is 0. The molecule has 0 amide bonds. The van der Waals surface area contributed by atoms with Crippen molar-refractivity contribution in [1.82, 2.24) is 15.0 Å². The number of benzene rings is 1. The summed E-state index contributed by atoms with van der Waals surface area (Å²) in [5.41, 5.74) is 6.37. The van der Waals surface area contributed by atoms with E-state index in [1.807, 2.05) is 0 Å². The van der Waals surface area contributed by atoms with Gasteiger partial charge in [-0.05, 0) is 24.6 Å². The molecule has 2 rings (SSSR count). The standard InChI is InChI=1S/C15H19N5O4S/c1-9-5-6-10(25(4,22)23)7-11(9)13(21)24-8-12-17-14(16)19-15(18-12)20(2)3/h5-7H,8H2,1-4H3,(H2,16,17,18,19). The molecule has 0 saturated carbocycles. The number of nitrogens with two attached hydrogens (primary N) is 1. The summed E-state index contributed by atoms with van der Waals surface area (Å²) in [4.78, 5) is 26.0. The highest BCUT2D eigenvalue weighted by Crippen LogP contribution is 2.17. The molecule has 10 heteroatoms. The van der Waals surface area contributed by atoms with Gasteiger partial charge in [0.1, 0.15) is 0 Å². The molecule has 0 atom stereocenters. The highest BCUT2D eigenvalue weighted by atomic mass is 32.2. The summed E-state index contributed by atoms with van der Waals surface area (Å²) in [5, 5.41) is 0. The Labute approximate surface area is 145 Å². The monoisotopic (exact) mass is 365 g/mol. The number of nitrogens with zero attached hydrogens (tertiary/aromatic N) is 4. The second kappa shape index (κ2) is 7.01. The minimum absolute atomic E-state index is 0.0139. The van der Waals surface area contributed by atoms with Gasteiger partial charge in [0.25, 0.3) is 0 Å². The van der Waals surface area contributed by atoms with Crippen molar-refractivity contribution in [2.75, 3.05) is 31.0 Å². The van der Waals surface area contributed by atoms with Crippen LogP contribution in [0.3, 0.4) is 0 Å². The van der Waals surface area contributed by atoms with E-state index in [0.717, 1.165) is 6.26 Å². The Kier molecular flexibility index (Phi) is 5.21. The van der Waals surface area contributed by atoms with E-state index in [-0.39, 0.29) is 28.8 Å². The topological polar surface area (TPSA) is 128 Å². The molecule has 0 bridgehead atoms. The number of anilines is 2. The zero-order valence-corrected chi connectivity index (χ0v) is 15.2. The molecule has 0 aliphatic heterocycles. The van der Waals surface area contributed by atoms with Crippen molar-refractivity contribution in [3.63, 3.8) is 0 Å². The van der Waals surface area contributed by atoms with Crippen molar-refractivity contribution < 1.29 is 17.9 Å². The maximum atomic E-state index is 12.3. The Bertz CT molecular complexity index is 912. The van der Waals surface area contributed by atoms with E-state index in [2.05, 4.69) is 15.0 Å². The van der Waals surface area contributed by atoms with Crippen molar-refractivity contribution in [3.05, 3.63) is 35.2 Å². The molecule has 2 N–H and O–H groups in total. The SMILES string of the molecule is Cc1ccc(S(C)(=O)=O)cc1C(=O)OCc1nc(N)nc(N(C)C)n1. The molecule has 0 aliphatic rings. The van der Waals surface area contributed by atoms with Crippen LogP contribution in [-0.2, 0) is 21.2 Å². The van der Waals surface area contributed by atoms with E-state index in [1.54, 1.807) is 32.0 Å². The van der Waals surface area contributed by atoms with Gasteiger partial charge in [0.2, 0.25) is 11.9 Å². The molecule has 0 aliphatic carbocycles. The van der Waals surface area contributed by atoms with Gasteiger partial charge in [-0.25, -0.2) is 13.2 Å². The largest absolute Gasteiger partial charge is 0.454 e. The van der Waals surface area contributed by atoms with Crippen molar-refractivity contribution in [3.8, 4) is 0 Å². The molecule has 0 spiro atoms. The van der Waals surface area contributed by atoms with Gasteiger partial charge < -0.3 is 15.4 Å². The minimum atomic E-state index is -3.43. The first kappa shape index (κ1) is 18.6. The molecule has 0 radical (unpaired) electrons. The summed E-state index contributed by atoms with van der Waals surface area (Å²) < 4.78 is 28.5. The number of sulfone groups is 1. The van der Waals surface area contributed by atoms with Crippen molar-refractivity contribution in [2.24, 2.45) is 0 Å². The number of ether oxygens (including phenoxy) is 1. The first-order chi connectivity index (χ1) is 11.6. The fraction of sp³-hybridized carbons (Fsp3) is 0.333. The lowest BCUT2D eigenvalue weighted by Crippen LogP contribution is -2.17. The average molecular weight is 365 g/mol. The smallest absolute Gasteiger partial charge is 0.338 e. The van der Waals surface area contributed by atoms with Gasteiger partial charge in [-0.3, -0.25) is 0 Å². The number of aryl methyl sites for hydroxylation is 1. The first-order valence-electron chi connectivity index (χ1n) is 7.23. The third-order valence-electron chi connectivity index (χ3n) is 3.28. The fourth-order valence-corrected chi connectivity index (χ4v) is 2.60. The van der Waals surface area contributed by atoms with E-state index in [0.29, 0.717) is 11.5 Å². The number of esters is 1. The summed E-state index contributed by atoms with van der Waals surface area (Å²) in [6.45, 7) is 1.47. The fourth-order valence-electron chi connectivity index (χ4n) is 1.95. The summed E-state index contributed by atoms with van der Waals surface area (Å²) in [7, 11) is 0.0551. The van der Waals surface area contributed by atoms with Crippen LogP contribution in [0.1, 0.15) is 21.7 Å². The predicted octanol–water partition coefficient (Wildman–Crippen LogP) is 0.589. The molecule has 1 aromatic heterocycles. The van der Waals surface area contributed by atoms with Crippen LogP contribution in [0, 0.1) is 6.92 Å². The van der Waals surface area contributed by atoms with Gasteiger partial charge in [0, 0.05) is 20.4 Å². The Hall–Kier alpha value is -2.75. The number of aromatic nitrogens is 3. The average Bonchev–Trinajstić information content (AvgIpc) is 2.51. The summed E-state index contributed by atoms with van der Waals surface area (Å²) in [6.07, 6.45) is 1.07. The van der Waals surface area contributed by atoms with Crippen molar-refractivity contribution in [2.45, 2.75) is 18.4 Å². The zero-order chi connectivity index (χ0) is 18.8.